The molecule has 3 N–H and O–H groups in total. The van der Waals surface area contributed by atoms with Crippen molar-refractivity contribution in [1.29, 1.82) is 0 Å². The molecule has 0 aliphatic rings. The number of carbonyl (C=O) groups is 2. The van der Waals surface area contributed by atoms with E-state index in [1.807, 2.05) is 6.92 Å². The Hall–Kier alpha value is -2.68. The number of carboxylic acid groups (broad SMARTS) is 1. The molecule has 6 nitrogen and oxygen atoms in total. The fourth-order valence-electron chi connectivity index (χ4n) is 1.72. The predicted octanol–water partition coefficient (Wildman–Crippen LogP) is 2.32. The van der Waals surface area contributed by atoms with Crippen molar-refractivity contribution in [3.8, 4) is 18.1 Å². The second kappa shape index (κ2) is 7.80. The molecule has 0 bridgehead atoms. The SMILES string of the molecule is C#CCC(CC)NC(=O)Nc1cc(C(=O)O)ccc1OC. The molecule has 0 radical (unpaired) electrons. The summed E-state index contributed by atoms with van der Waals surface area (Å²) in [5.41, 5.74) is 0.340. The lowest BCUT2D eigenvalue weighted by molar-refractivity contribution is 0.0697. The predicted molar refractivity (Wildman–Crippen MR) is 79.6 cm³/mol. The number of methoxy groups -OCH3 is 1. The van der Waals surface area contributed by atoms with Gasteiger partial charge in [0.1, 0.15) is 5.75 Å². The summed E-state index contributed by atoms with van der Waals surface area (Å²) in [5, 5.41) is 14.3. The molecule has 0 saturated carbocycles. The van der Waals surface area contributed by atoms with Gasteiger partial charge in [-0.05, 0) is 24.6 Å². The van der Waals surface area contributed by atoms with Crippen LogP contribution in [0.5, 0.6) is 5.75 Å². The Morgan fingerprint density at radius 2 is 2.19 bits per heavy atom. The molecule has 1 unspecified atom stereocenters. The van der Waals surface area contributed by atoms with Crippen LogP contribution in [0.4, 0.5) is 10.5 Å². The number of urea groups is 1. The van der Waals surface area contributed by atoms with Gasteiger partial charge in [0.2, 0.25) is 0 Å². The third-order valence-electron chi connectivity index (χ3n) is 2.89. The van der Waals surface area contributed by atoms with Crippen LogP contribution >= 0.6 is 0 Å². The number of aromatic carboxylic acids is 1. The number of anilines is 1. The number of rotatable bonds is 6. The van der Waals surface area contributed by atoms with E-state index in [1.165, 1.54) is 25.3 Å². The van der Waals surface area contributed by atoms with Gasteiger partial charge in [-0.15, -0.1) is 12.3 Å². The van der Waals surface area contributed by atoms with E-state index in [1.54, 1.807) is 0 Å². The second-order valence-corrected chi connectivity index (χ2v) is 4.33. The van der Waals surface area contributed by atoms with Crippen LogP contribution in [-0.2, 0) is 0 Å². The molecule has 1 rings (SSSR count). The zero-order chi connectivity index (χ0) is 15.8. The maximum Gasteiger partial charge on any atom is 0.335 e. The van der Waals surface area contributed by atoms with E-state index in [4.69, 9.17) is 16.3 Å². The number of ether oxygens (including phenoxy) is 1. The fraction of sp³-hybridized carbons (Fsp3) is 0.333. The lowest BCUT2D eigenvalue weighted by atomic mass is 10.1. The average Bonchev–Trinajstić information content (AvgIpc) is 2.46. The highest BCUT2D eigenvalue weighted by Gasteiger charge is 2.13. The average molecular weight is 290 g/mol. The monoisotopic (exact) mass is 290 g/mol. The van der Waals surface area contributed by atoms with Crippen LogP contribution < -0.4 is 15.4 Å². The summed E-state index contributed by atoms with van der Waals surface area (Å²) in [7, 11) is 1.44. The number of benzene rings is 1. The molecule has 1 aromatic carbocycles. The first-order valence-electron chi connectivity index (χ1n) is 6.44. The van der Waals surface area contributed by atoms with Crippen molar-refractivity contribution in [2.24, 2.45) is 0 Å². The van der Waals surface area contributed by atoms with Crippen molar-refractivity contribution in [2.75, 3.05) is 12.4 Å². The summed E-state index contributed by atoms with van der Waals surface area (Å²) < 4.78 is 5.09. The Kier molecular flexibility index (Phi) is 6.08. The summed E-state index contributed by atoms with van der Waals surface area (Å²) >= 11 is 0. The quantitative estimate of drug-likeness (QED) is 0.702. The van der Waals surface area contributed by atoms with E-state index >= 15 is 0 Å². The van der Waals surface area contributed by atoms with E-state index in [2.05, 4.69) is 16.6 Å². The summed E-state index contributed by atoms with van der Waals surface area (Å²) in [6, 6.07) is 3.62. The van der Waals surface area contributed by atoms with E-state index in [-0.39, 0.29) is 17.3 Å². The normalized spacial score (nSPS) is 11.1. The molecule has 0 spiro atoms. The molecule has 1 atom stereocenters. The second-order valence-electron chi connectivity index (χ2n) is 4.33. The van der Waals surface area contributed by atoms with Gasteiger partial charge in [0.05, 0.1) is 18.4 Å². The van der Waals surface area contributed by atoms with Gasteiger partial charge in [-0.1, -0.05) is 6.92 Å². The molecule has 0 heterocycles. The van der Waals surface area contributed by atoms with Crippen molar-refractivity contribution in [3.63, 3.8) is 0 Å². The number of nitrogens with one attached hydrogen (secondary N) is 2. The van der Waals surface area contributed by atoms with Crippen LogP contribution in [0.15, 0.2) is 18.2 Å². The molecule has 0 aliphatic carbocycles. The number of amides is 2. The highest BCUT2D eigenvalue weighted by molar-refractivity contribution is 5.94. The Balaban J connectivity index is 2.85. The molecule has 0 fully saturated rings. The molecule has 6 heteroatoms. The summed E-state index contributed by atoms with van der Waals surface area (Å²) in [6.45, 7) is 1.91. The standard InChI is InChI=1S/C15H18N2O4/c1-4-6-11(5-2)16-15(20)17-12-9-10(14(18)19)7-8-13(12)21-3/h1,7-9,11H,5-6H2,2-3H3,(H,18,19)(H2,16,17,20). The van der Waals surface area contributed by atoms with Gasteiger partial charge in [-0.25, -0.2) is 9.59 Å². The highest BCUT2D eigenvalue weighted by Crippen LogP contribution is 2.25. The topological polar surface area (TPSA) is 87.7 Å². The molecule has 112 valence electrons. The number of carbonyl (C=O) groups excluding carboxylic acids is 1. The summed E-state index contributed by atoms with van der Waals surface area (Å²) in [4.78, 5) is 22.9. The van der Waals surface area contributed by atoms with Crippen molar-refractivity contribution < 1.29 is 19.4 Å². The smallest absolute Gasteiger partial charge is 0.335 e. The molecule has 21 heavy (non-hydrogen) atoms. The van der Waals surface area contributed by atoms with Crippen LogP contribution in [0.1, 0.15) is 30.1 Å². The molecule has 0 saturated heterocycles. The van der Waals surface area contributed by atoms with Crippen LogP contribution in [0.3, 0.4) is 0 Å². The minimum absolute atomic E-state index is 0.0572. The largest absolute Gasteiger partial charge is 0.495 e. The summed E-state index contributed by atoms with van der Waals surface area (Å²) in [5.74, 6) is 1.78. The minimum Gasteiger partial charge on any atom is -0.495 e. The third kappa shape index (κ3) is 4.73. The van der Waals surface area contributed by atoms with Crippen LogP contribution in [0.25, 0.3) is 0 Å². The zero-order valence-electron chi connectivity index (χ0n) is 12.0. The van der Waals surface area contributed by atoms with Gasteiger partial charge >= 0.3 is 12.0 Å². The first-order valence-corrected chi connectivity index (χ1v) is 6.44. The van der Waals surface area contributed by atoms with Crippen LogP contribution in [0, 0.1) is 12.3 Å². The highest BCUT2D eigenvalue weighted by atomic mass is 16.5. The maximum atomic E-state index is 11.9. The Morgan fingerprint density at radius 1 is 1.48 bits per heavy atom. The first-order chi connectivity index (χ1) is 10.0. The Morgan fingerprint density at radius 3 is 2.71 bits per heavy atom. The Labute approximate surface area is 123 Å². The van der Waals surface area contributed by atoms with Crippen LogP contribution in [-0.4, -0.2) is 30.3 Å². The fourth-order valence-corrected chi connectivity index (χ4v) is 1.72. The van der Waals surface area contributed by atoms with E-state index < -0.39 is 12.0 Å². The lowest BCUT2D eigenvalue weighted by Gasteiger charge is -2.16. The molecule has 2 amide bonds. The lowest BCUT2D eigenvalue weighted by Crippen LogP contribution is -2.37. The first kappa shape index (κ1) is 16.4. The number of terminal acetylenes is 1. The van der Waals surface area contributed by atoms with E-state index in [0.29, 0.717) is 18.6 Å². The molecule has 0 aromatic heterocycles. The molecule has 0 aliphatic heterocycles. The third-order valence-corrected chi connectivity index (χ3v) is 2.89. The van der Waals surface area contributed by atoms with E-state index in [0.717, 1.165) is 0 Å². The minimum atomic E-state index is -1.08. The van der Waals surface area contributed by atoms with Crippen molar-refractivity contribution in [1.82, 2.24) is 5.32 Å². The number of carboxylic acids is 1. The van der Waals surface area contributed by atoms with Gasteiger partial charge in [0.15, 0.2) is 0 Å². The molecule has 1 aromatic rings. The Bertz CT molecular complexity index is 563. The van der Waals surface area contributed by atoms with Gasteiger partial charge in [-0.3, -0.25) is 0 Å². The van der Waals surface area contributed by atoms with Gasteiger partial charge in [-0.2, -0.15) is 0 Å². The van der Waals surface area contributed by atoms with E-state index in [9.17, 15) is 9.59 Å². The van der Waals surface area contributed by atoms with Crippen molar-refractivity contribution in [3.05, 3.63) is 23.8 Å². The zero-order valence-corrected chi connectivity index (χ0v) is 12.0. The molecular formula is C15H18N2O4. The van der Waals surface area contributed by atoms with Crippen LogP contribution in [0.2, 0.25) is 0 Å². The van der Waals surface area contributed by atoms with Gasteiger partial charge < -0.3 is 20.5 Å². The van der Waals surface area contributed by atoms with Gasteiger partial charge in [0, 0.05) is 12.5 Å². The van der Waals surface area contributed by atoms with Crippen molar-refractivity contribution >= 4 is 17.7 Å². The summed E-state index contributed by atoms with van der Waals surface area (Å²) in [6.07, 6.45) is 6.35. The number of hydrogen-bond donors (Lipinski definition) is 3. The molecular weight excluding hydrogens is 272 g/mol. The maximum absolute atomic E-state index is 11.9. The van der Waals surface area contributed by atoms with Gasteiger partial charge in [0.25, 0.3) is 0 Å². The number of hydrogen-bond acceptors (Lipinski definition) is 3. The van der Waals surface area contributed by atoms with Crippen molar-refractivity contribution in [2.45, 2.75) is 25.8 Å².